The largest absolute Gasteiger partial charge is 0.494 e. The van der Waals surface area contributed by atoms with Gasteiger partial charge in [-0.2, -0.15) is 0 Å². The van der Waals surface area contributed by atoms with Crippen molar-refractivity contribution in [3.63, 3.8) is 0 Å². The summed E-state index contributed by atoms with van der Waals surface area (Å²) in [4.78, 5) is 30.0. The van der Waals surface area contributed by atoms with Gasteiger partial charge in [0.1, 0.15) is 5.75 Å². The van der Waals surface area contributed by atoms with E-state index in [1.165, 1.54) is 38.3 Å². The Hall–Kier alpha value is -3.40. The van der Waals surface area contributed by atoms with Crippen LogP contribution in [0.15, 0.2) is 60.7 Å². The van der Waals surface area contributed by atoms with Crippen molar-refractivity contribution in [2.75, 3.05) is 11.5 Å². The lowest BCUT2D eigenvalue weighted by Crippen LogP contribution is -2.42. The topological polar surface area (TPSA) is 46.6 Å². The predicted octanol–water partition coefficient (Wildman–Crippen LogP) is 8.25. The SMILES string of the molecule is CCCCCOc1ccc(N2C(=O)[C@@H]3[C@@H]4c5cc(C(C)(C)C)ccc5[C@H](c5cc(C(C)(C)C)ccc54)[C@@H]3C2=O)cc1. The predicted molar refractivity (Wildman–Crippen MR) is 165 cm³/mol. The number of rotatable bonds is 6. The molecule has 4 aliphatic rings. The molecule has 4 atom stereocenters. The number of unbranched alkanes of at least 4 members (excludes halogenated alkanes) is 2. The molecule has 0 spiro atoms. The van der Waals surface area contributed by atoms with Crippen molar-refractivity contribution >= 4 is 17.5 Å². The van der Waals surface area contributed by atoms with E-state index in [0.29, 0.717) is 12.3 Å². The maximum Gasteiger partial charge on any atom is 0.238 e. The summed E-state index contributed by atoms with van der Waals surface area (Å²) < 4.78 is 5.89. The first kappa shape index (κ1) is 27.8. The smallest absolute Gasteiger partial charge is 0.238 e. The number of benzene rings is 3. The van der Waals surface area contributed by atoms with Gasteiger partial charge in [0.2, 0.25) is 11.8 Å². The molecule has 0 N–H and O–H groups in total. The van der Waals surface area contributed by atoms with Crippen molar-refractivity contribution in [2.45, 2.75) is 90.4 Å². The van der Waals surface area contributed by atoms with E-state index in [0.717, 1.165) is 25.0 Å². The van der Waals surface area contributed by atoms with E-state index in [9.17, 15) is 9.59 Å². The van der Waals surface area contributed by atoms with E-state index in [2.05, 4.69) is 84.9 Å². The van der Waals surface area contributed by atoms with Crippen LogP contribution in [0.1, 0.15) is 113 Å². The van der Waals surface area contributed by atoms with Gasteiger partial charge in [-0.3, -0.25) is 9.59 Å². The number of ether oxygens (including phenoxy) is 1. The van der Waals surface area contributed by atoms with E-state index in [-0.39, 0.29) is 34.5 Å². The summed E-state index contributed by atoms with van der Waals surface area (Å²) in [6.07, 6.45) is 3.30. The first-order valence-electron chi connectivity index (χ1n) is 15.3. The summed E-state index contributed by atoms with van der Waals surface area (Å²) in [6.45, 7) is 16.2. The summed E-state index contributed by atoms with van der Waals surface area (Å²) in [6, 6.07) is 21.0. The van der Waals surface area contributed by atoms with Gasteiger partial charge in [0.25, 0.3) is 0 Å². The molecule has 214 valence electrons. The molecule has 3 aromatic carbocycles. The first-order valence-corrected chi connectivity index (χ1v) is 15.3. The van der Waals surface area contributed by atoms with Crippen molar-refractivity contribution in [1.82, 2.24) is 0 Å². The minimum Gasteiger partial charge on any atom is -0.494 e. The van der Waals surface area contributed by atoms with Crippen molar-refractivity contribution < 1.29 is 14.3 Å². The van der Waals surface area contributed by atoms with Gasteiger partial charge >= 0.3 is 0 Å². The van der Waals surface area contributed by atoms with Gasteiger partial charge in [0.05, 0.1) is 24.1 Å². The zero-order valence-corrected chi connectivity index (χ0v) is 25.6. The van der Waals surface area contributed by atoms with Crippen LogP contribution in [-0.4, -0.2) is 18.4 Å². The summed E-state index contributed by atoms with van der Waals surface area (Å²) >= 11 is 0. The Labute approximate surface area is 245 Å². The summed E-state index contributed by atoms with van der Waals surface area (Å²) in [5.41, 5.74) is 8.00. The average Bonchev–Trinajstić information content (AvgIpc) is 3.20. The highest BCUT2D eigenvalue weighted by molar-refractivity contribution is 6.23. The van der Waals surface area contributed by atoms with Gasteiger partial charge < -0.3 is 4.74 Å². The standard InChI is InChI=1S/C37H43NO3/c1-8-9-10-19-41-25-15-13-24(14-16-25)38-34(39)32-30-27-18-12-23(37(5,6)7)21-29(27)31(33(32)35(38)40)26-17-11-22(20-28(26)30)36(2,3)4/h11-18,20-21,30-33H,8-10,19H2,1-7H3/t30-,31+,32+,33-. The molecule has 0 radical (unpaired) electrons. The molecule has 1 heterocycles. The minimum absolute atomic E-state index is 0.00800. The zero-order chi connectivity index (χ0) is 29.3. The molecule has 2 bridgehead atoms. The van der Waals surface area contributed by atoms with Gasteiger partial charge in [-0.25, -0.2) is 4.90 Å². The molecule has 4 heteroatoms. The number of anilines is 1. The van der Waals surface area contributed by atoms with Crippen LogP contribution in [0.25, 0.3) is 0 Å². The Morgan fingerprint density at radius 1 is 0.659 bits per heavy atom. The van der Waals surface area contributed by atoms with E-state index >= 15 is 0 Å². The molecule has 41 heavy (non-hydrogen) atoms. The Balaban J connectivity index is 1.42. The van der Waals surface area contributed by atoms with Crippen molar-refractivity contribution in [1.29, 1.82) is 0 Å². The third kappa shape index (κ3) is 4.51. The van der Waals surface area contributed by atoms with E-state index in [4.69, 9.17) is 4.74 Å². The van der Waals surface area contributed by atoms with Crippen molar-refractivity contribution in [3.8, 4) is 5.75 Å². The molecular formula is C37H43NO3. The number of hydrogen-bond donors (Lipinski definition) is 0. The van der Waals surface area contributed by atoms with Crippen LogP contribution in [0, 0.1) is 11.8 Å². The molecule has 1 saturated heterocycles. The second-order valence-electron chi connectivity index (χ2n) is 14.3. The van der Waals surface area contributed by atoms with Crippen molar-refractivity contribution in [3.05, 3.63) is 94.0 Å². The van der Waals surface area contributed by atoms with Crippen LogP contribution >= 0.6 is 0 Å². The fourth-order valence-corrected chi connectivity index (χ4v) is 7.20. The quantitative estimate of drug-likeness (QED) is 0.230. The lowest BCUT2D eigenvalue weighted by molar-refractivity contribution is -0.122. The van der Waals surface area contributed by atoms with Gasteiger partial charge in [-0.05, 0) is 74.9 Å². The summed E-state index contributed by atoms with van der Waals surface area (Å²) in [5.74, 6) is -0.442. The minimum atomic E-state index is -0.395. The highest BCUT2D eigenvalue weighted by Gasteiger charge is 2.62. The maximum absolute atomic E-state index is 14.3. The maximum atomic E-state index is 14.3. The molecular weight excluding hydrogens is 506 g/mol. The number of hydrogen-bond acceptors (Lipinski definition) is 3. The fourth-order valence-electron chi connectivity index (χ4n) is 7.20. The van der Waals surface area contributed by atoms with Crippen LogP contribution < -0.4 is 9.64 Å². The van der Waals surface area contributed by atoms with Crippen LogP contribution in [0.3, 0.4) is 0 Å². The van der Waals surface area contributed by atoms with Gasteiger partial charge in [0.15, 0.2) is 0 Å². The van der Waals surface area contributed by atoms with Gasteiger partial charge in [0, 0.05) is 11.8 Å². The molecule has 3 aliphatic carbocycles. The molecule has 4 nitrogen and oxygen atoms in total. The van der Waals surface area contributed by atoms with Crippen LogP contribution in [0.4, 0.5) is 5.69 Å². The van der Waals surface area contributed by atoms with Crippen molar-refractivity contribution in [2.24, 2.45) is 11.8 Å². The Morgan fingerprint density at radius 2 is 1.15 bits per heavy atom. The second kappa shape index (κ2) is 9.86. The normalized spacial score (nSPS) is 23.0. The monoisotopic (exact) mass is 549 g/mol. The average molecular weight is 550 g/mol. The van der Waals surface area contributed by atoms with E-state index < -0.39 is 11.8 Å². The third-order valence-electron chi connectivity index (χ3n) is 9.47. The summed E-state index contributed by atoms with van der Waals surface area (Å²) in [5, 5.41) is 0. The Morgan fingerprint density at radius 3 is 1.59 bits per heavy atom. The van der Waals surface area contributed by atoms with Crippen LogP contribution in [0.5, 0.6) is 5.75 Å². The highest BCUT2D eigenvalue weighted by atomic mass is 16.5. The number of amides is 2. The molecule has 1 fully saturated rings. The lowest BCUT2D eigenvalue weighted by Gasteiger charge is -2.47. The van der Waals surface area contributed by atoms with Crippen LogP contribution in [-0.2, 0) is 20.4 Å². The van der Waals surface area contributed by atoms with Gasteiger partial charge in [-0.1, -0.05) is 97.7 Å². The molecule has 1 aliphatic heterocycles. The number of nitrogens with zero attached hydrogens (tertiary/aromatic N) is 1. The number of carbonyl (C=O) groups excluding carboxylic acids is 2. The Kier molecular flexibility index (Phi) is 6.67. The van der Waals surface area contributed by atoms with E-state index in [1.54, 1.807) is 0 Å². The van der Waals surface area contributed by atoms with Crippen LogP contribution in [0.2, 0.25) is 0 Å². The highest BCUT2D eigenvalue weighted by Crippen LogP contribution is 2.62. The lowest BCUT2D eigenvalue weighted by atomic mass is 9.54. The second-order valence-corrected chi connectivity index (χ2v) is 14.3. The molecule has 0 saturated carbocycles. The molecule has 0 unspecified atom stereocenters. The molecule has 0 aromatic heterocycles. The Bertz CT molecular complexity index is 1420. The molecule has 3 aromatic rings. The van der Waals surface area contributed by atoms with Gasteiger partial charge in [-0.15, -0.1) is 0 Å². The first-order chi connectivity index (χ1) is 19.4. The molecule has 7 rings (SSSR count). The third-order valence-corrected chi connectivity index (χ3v) is 9.47. The molecule has 2 amide bonds. The fraction of sp³-hybridized carbons (Fsp3) is 0.459. The number of carbonyl (C=O) groups is 2. The van der Waals surface area contributed by atoms with E-state index in [1.807, 2.05) is 24.3 Å². The number of imide groups is 1. The zero-order valence-electron chi connectivity index (χ0n) is 25.6. The summed E-state index contributed by atoms with van der Waals surface area (Å²) in [7, 11) is 0.